The fraction of sp³-hybridized carbons (Fsp3) is 0.316. The molecule has 0 aliphatic carbocycles. The van der Waals surface area contributed by atoms with E-state index in [0.717, 1.165) is 24.3 Å². The van der Waals surface area contributed by atoms with Gasteiger partial charge in [0.15, 0.2) is 5.65 Å². The molecule has 6 nitrogen and oxygen atoms in total. The van der Waals surface area contributed by atoms with E-state index in [1.54, 1.807) is 25.7 Å². The van der Waals surface area contributed by atoms with Crippen LogP contribution in [-0.4, -0.2) is 34.1 Å². The van der Waals surface area contributed by atoms with Crippen LogP contribution in [0.25, 0.3) is 11.2 Å². The van der Waals surface area contributed by atoms with E-state index < -0.39 is 0 Å². The highest BCUT2D eigenvalue weighted by Crippen LogP contribution is 2.39. The van der Waals surface area contributed by atoms with Gasteiger partial charge in [-0.05, 0) is 43.0 Å². The number of nitrogens with zero attached hydrogens (tertiary/aromatic N) is 4. The lowest BCUT2D eigenvalue weighted by Crippen LogP contribution is -2.36. The average Bonchev–Trinajstić information content (AvgIpc) is 3.02. The maximum Gasteiger partial charge on any atom is 0.260 e. The zero-order chi connectivity index (χ0) is 17.6. The predicted molar refractivity (Wildman–Crippen MR) is 96.2 cm³/mol. The minimum absolute atomic E-state index is 0.0593. The van der Waals surface area contributed by atoms with Gasteiger partial charge in [0.25, 0.3) is 5.91 Å². The van der Waals surface area contributed by atoms with Crippen LogP contribution in [0.4, 0.5) is 5.69 Å². The van der Waals surface area contributed by atoms with Gasteiger partial charge in [-0.1, -0.05) is 6.07 Å². The topological polar surface area (TPSA) is 60.2 Å². The second-order valence-electron chi connectivity index (χ2n) is 6.36. The summed E-state index contributed by atoms with van der Waals surface area (Å²) in [5.41, 5.74) is 5.17. The Labute approximate surface area is 146 Å². The van der Waals surface area contributed by atoms with Crippen molar-refractivity contribution in [3.8, 4) is 5.75 Å². The lowest BCUT2D eigenvalue weighted by molar-refractivity contribution is 0.0985. The molecule has 1 amide bonds. The molecule has 0 bridgehead atoms. The SMILES string of the molecule is COc1ccc(C)c2c1N(C(=O)c1ccnc3c1ncn3C)CCC2. The third kappa shape index (κ3) is 2.36. The molecule has 0 saturated heterocycles. The Morgan fingerprint density at radius 1 is 1.24 bits per heavy atom. The number of anilines is 1. The van der Waals surface area contributed by atoms with E-state index in [-0.39, 0.29) is 5.91 Å². The highest BCUT2D eigenvalue weighted by atomic mass is 16.5. The van der Waals surface area contributed by atoms with Crippen LogP contribution in [0.1, 0.15) is 27.9 Å². The first-order chi connectivity index (χ1) is 12.1. The van der Waals surface area contributed by atoms with Crippen LogP contribution in [0.5, 0.6) is 5.75 Å². The summed E-state index contributed by atoms with van der Waals surface area (Å²) in [6.45, 7) is 2.75. The molecule has 0 atom stereocenters. The molecule has 0 radical (unpaired) electrons. The molecule has 1 aromatic carbocycles. The number of amides is 1. The summed E-state index contributed by atoms with van der Waals surface area (Å²) in [7, 11) is 3.52. The van der Waals surface area contributed by atoms with Gasteiger partial charge in [0, 0.05) is 19.8 Å². The molecule has 0 saturated carbocycles. The van der Waals surface area contributed by atoms with Gasteiger partial charge in [0.1, 0.15) is 11.3 Å². The average molecular weight is 336 g/mol. The van der Waals surface area contributed by atoms with Crippen LogP contribution >= 0.6 is 0 Å². The van der Waals surface area contributed by atoms with E-state index >= 15 is 0 Å². The van der Waals surface area contributed by atoms with Gasteiger partial charge in [-0.15, -0.1) is 0 Å². The Bertz CT molecular complexity index is 977. The highest BCUT2D eigenvalue weighted by Gasteiger charge is 2.29. The third-order valence-electron chi connectivity index (χ3n) is 4.85. The van der Waals surface area contributed by atoms with Gasteiger partial charge >= 0.3 is 0 Å². The molecule has 3 aromatic rings. The number of benzene rings is 1. The minimum Gasteiger partial charge on any atom is -0.495 e. The van der Waals surface area contributed by atoms with Crippen LogP contribution in [0.2, 0.25) is 0 Å². The molecular weight excluding hydrogens is 316 g/mol. The van der Waals surface area contributed by atoms with Crippen LogP contribution < -0.4 is 9.64 Å². The molecule has 128 valence electrons. The smallest absolute Gasteiger partial charge is 0.260 e. The molecule has 0 N–H and O–H groups in total. The zero-order valence-corrected chi connectivity index (χ0v) is 14.6. The van der Waals surface area contributed by atoms with Crippen molar-refractivity contribution in [1.29, 1.82) is 0 Å². The molecule has 0 unspecified atom stereocenters. The molecule has 6 heteroatoms. The number of hydrogen-bond acceptors (Lipinski definition) is 4. The number of aromatic nitrogens is 3. The van der Waals surface area contributed by atoms with E-state index in [9.17, 15) is 4.79 Å². The van der Waals surface area contributed by atoms with E-state index in [4.69, 9.17) is 4.74 Å². The molecule has 1 aliphatic rings. The first kappa shape index (κ1) is 15.6. The van der Waals surface area contributed by atoms with E-state index in [1.165, 1.54) is 11.1 Å². The first-order valence-corrected chi connectivity index (χ1v) is 8.36. The van der Waals surface area contributed by atoms with Gasteiger partial charge in [-0.3, -0.25) is 4.79 Å². The van der Waals surface area contributed by atoms with Crippen molar-refractivity contribution in [1.82, 2.24) is 14.5 Å². The molecule has 4 rings (SSSR count). The second-order valence-corrected chi connectivity index (χ2v) is 6.36. The zero-order valence-electron chi connectivity index (χ0n) is 14.6. The normalized spacial score (nSPS) is 13.8. The maximum atomic E-state index is 13.4. The summed E-state index contributed by atoms with van der Waals surface area (Å²) >= 11 is 0. The molecule has 2 aromatic heterocycles. The number of imidazole rings is 1. The number of methoxy groups -OCH3 is 1. The lowest BCUT2D eigenvalue weighted by Gasteiger charge is -2.32. The summed E-state index contributed by atoms with van der Waals surface area (Å²) in [5.74, 6) is 0.677. The molecule has 0 spiro atoms. The summed E-state index contributed by atoms with van der Waals surface area (Å²) < 4.78 is 7.37. The van der Waals surface area contributed by atoms with Crippen molar-refractivity contribution in [3.63, 3.8) is 0 Å². The summed E-state index contributed by atoms with van der Waals surface area (Å²) in [6.07, 6.45) is 5.24. The maximum absolute atomic E-state index is 13.4. The molecule has 3 heterocycles. The van der Waals surface area contributed by atoms with Crippen LogP contribution in [0, 0.1) is 6.92 Å². The Hall–Kier alpha value is -2.89. The van der Waals surface area contributed by atoms with Crippen LogP contribution in [0.15, 0.2) is 30.7 Å². The van der Waals surface area contributed by atoms with Gasteiger partial charge in [-0.2, -0.15) is 0 Å². The van der Waals surface area contributed by atoms with E-state index in [2.05, 4.69) is 23.0 Å². The summed E-state index contributed by atoms with van der Waals surface area (Å²) in [4.78, 5) is 23.9. The second kappa shape index (κ2) is 5.88. The van der Waals surface area contributed by atoms with E-state index in [0.29, 0.717) is 23.3 Å². The quantitative estimate of drug-likeness (QED) is 0.722. The predicted octanol–water partition coefficient (Wildman–Crippen LogP) is 2.88. The van der Waals surface area contributed by atoms with Crippen molar-refractivity contribution >= 4 is 22.8 Å². The van der Waals surface area contributed by atoms with Gasteiger partial charge in [0.2, 0.25) is 0 Å². The summed E-state index contributed by atoms with van der Waals surface area (Å²) in [6, 6.07) is 5.73. The Morgan fingerprint density at radius 3 is 2.88 bits per heavy atom. The van der Waals surface area contributed by atoms with Crippen LogP contribution in [-0.2, 0) is 13.5 Å². The Morgan fingerprint density at radius 2 is 2.08 bits per heavy atom. The number of aryl methyl sites for hydroxylation is 2. The molecule has 25 heavy (non-hydrogen) atoms. The lowest BCUT2D eigenvalue weighted by atomic mass is 9.95. The minimum atomic E-state index is -0.0593. The number of ether oxygens (including phenoxy) is 1. The molecular formula is C19H20N4O2. The summed E-state index contributed by atoms with van der Waals surface area (Å²) in [5, 5.41) is 0. The van der Waals surface area contributed by atoms with Gasteiger partial charge in [-0.25, -0.2) is 9.97 Å². The fourth-order valence-electron chi connectivity index (χ4n) is 3.57. The number of rotatable bonds is 2. The Kier molecular flexibility index (Phi) is 3.67. The monoisotopic (exact) mass is 336 g/mol. The molecule has 1 aliphatic heterocycles. The van der Waals surface area contributed by atoms with Crippen molar-refractivity contribution in [2.45, 2.75) is 19.8 Å². The van der Waals surface area contributed by atoms with Crippen molar-refractivity contribution in [2.75, 3.05) is 18.6 Å². The standard InChI is InChI=1S/C19H20N4O2/c1-12-6-7-15(25-3)17-13(12)5-4-10-23(17)19(24)14-8-9-20-18-16(14)21-11-22(18)2/h6-9,11H,4-5,10H2,1-3H3. The van der Waals surface area contributed by atoms with Crippen molar-refractivity contribution < 1.29 is 9.53 Å². The number of hydrogen-bond donors (Lipinski definition) is 0. The highest BCUT2D eigenvalue weighted by molar-refractivity contribution is 6.13. The number of pyridine rings is 1. The van der Waals surface area contributed by atoms with Gasteiger partial charge < -0.3 is 14.2 Å². The van der Waals surface area contributed by atoms with Crippen molar-refractivity contribution in [3.05, 3.63) is 47.4 Å². The van der Waals surface area contributed by atoms with E-state index in [1.807, 2.05) is 22.6 Å². The van der Waals surface area contributed by atoms with Crippen molar-refractivity contribution in [2.24, 2.45) is 7.05 Å². The largest absolute Gasteiger partial charge is 0.495 e. The molecule has 0 fully saturated rings. The van der Waals surface area contributed by atoms with Gasteiger partial charge in [0.05, 0.1) is 24.7 Å². The number of carbonyl (C=O) groups is 1. The first-order valence-electron chi connectivity index (χ1n) is 8.36. The fourth-order valence-corrected chi connectivity index (χ4v) is 3.57. The Balaban J connectivity index is 1.86. The number of fused-ring (bicyclic) bond motifs is 2. The van der Waals surface area contributed by atoms with Crippen LogP contribution in [0.3, 0.4) is 0 Å². The number of carbonyl (C=O) groups excluding carboxylic acids is 1. The third-order valence-corrected chi connectivity index (χ3v) is 4.85.